The van der Waals surface area contributed by atoms with Gasteiger partial charge in [0, 0.05) is 49.4 Å². The van der Waals surface area contributed by atoms with Crippen LogP contribution in [0.4, 0.5) is 0 Å². The highest BCUT2D eigenvalue weighted by atomic mass is 32.2. The number of hydrogen-bond donors (Lipinski definition) is 0. The molecule has 0 aliphatic carbocycles. The molecule has 6 nitrogen and oxygen atoms in total. The van der Waals surface area contributed by atoms with Crippen molar-refractivity contribution in [1.82, 2.24) is 14.5 Å². The van der Waals surface area contributed by atoms with Gasteiger partial charge in [-0.25, -0.2) is 4.98 Å². The number of thioether (sulfide) groups is 1. The highest BCUT2D eigenvalue weighted by molar-refractivity contribution is 7.98. The minimum Gasteiger partial charge on any atom is -0.496 e. The van der Waals surface area contributed by atoms with Crippen molar-refractivity contribution in [3.63, 3.8) is 0 Å². The van der Waals surface area contributed by atoms with E-state index in [2.05, 4.69) is 27.9 Å². The second-order valence-corrected chi connectivity index (χ2v) is 9.74. The van der Waals surface area contributed by atoms with Crippen LogP contribution >= 0.6 is 11.8 Å². The molecular weight excluding hydrogens is 458 g/mol. The number of carbonyl (C=O) groups excluding carboxylic acids is 1. The number of hydrogen-bond acceptors (Lipinski definition) is 5. The summed E-state index contributed by atoms with van der Waals surface area (Å²) in [6.45, 7) is 3.85. The van der Waals surface area contributed by atoms with Gasteiger partial charge in [-0.05, 0) is 55.7 Å². The number of carbonyl (C=O) groups is 1. The molecule has 4 rings (SSSR count). The molecule has 35 heavy (non-hydrogen) atoms. The maximum absolute atomic E-state index is 13.2. The zero-order chi connectivity index (χ0) is 24.5. The zero-order valence-corrected chi connectivity index (χ0v) is 21.5. The van der Waals surface area contributed by atoms with E-state index in [0.29, 0.717) is 23.8 Å². The normalized spacial score (nSPS) is 14.3. The first-order valence-corrected chi connectivity index (χ1v) is 13.6. The van der Waals surface area contributed by atoms with Crippen molar-refractivity contribution < 1.29 is 14.3 Å². The van der Waals surface area contributed by atoms with Crippen LogP contribution in [0.2, 0.25) is 0 Å². The van der Waals surface area contributed by atoms with Gasteiger partial charge in [-0.3, -0.25) is 4.79 Å². The van der Waals surface area contributed by atoms with E-state index in [1.165, 1.54) is 5.56 Å². The summed E-state index contributed by atoms with van der Waals surface area (Å²) in [5.41, 5.74) is 1.85. The summed E-state index contributed by atoms with van der Waals surface area (Å²) in [6, 6.07) is 16.1. The molecular formula is C28H35N3O3S. The average Bonchev–Trinajstić information content (AvgIpc) is 3.39. The lowest BCUT2D eigenvalue weighted by Crippen LogP contribution is -2.38. The van der Waals surface area contributed by atoms with Crippen molar-refractivity contribution >= 4 is 17.7 Å². The minimum absolute atomic E-state index is 0.0480. The Kier molecular flexibility index (Phi) is 9.26. The number of benzene rings is 2. The van der Waals surface area contributed by atoms with Crippen LogP contribution < -0.4 is 4.74 Å². The number of amides is 1. The number of unbranched alkanes of at least 4 members (excludes halogenated alkanes) is 1. The molecule has 2 aromatic carbocycles. The van der Waals surface area contributed by atoms with Crippen LogP contribution in [-0.4, -0.2) is 53.4 Å². The van der Waals surface area contributed by atoms with Crippen molar-refractivity contribution in [2.45, 2.75) is 49.6 Å². The molecule has 0 bridgehead atoms. The quantitative estimate of drug-likeness (QED) is 0.256. The summed E-state index contributed by atoms with van der Waals surface area (Å²) in [5, 5.41) is 0. The van der Waals surface area contributed by atoms with Gasteiger partial charge in [0.1, 0.15) is 11.6 Å². The number of aryl methyl sites for hydroxylation is 1. The van der Waals surface area contributed by atoms with Gasteiger partial charge in [0.15, 0.2) is 0 Å². The molecule has 1 aliphatic heterocycles. The average molecular weight is 494 g/mol. The molecule has 186 valence electrons. The Bertz CT molecular complexity index is 1080. The summed E-state index contributed by atoms with van der Waals surface area (Å²) < 4.78 is 13.6. The molecule has 0 N–H and O–H groups in total. The van der Waals surface area contributed by atoms with Gasteiger partial charge in [0.25, 0.3) is 5.91 Å². The van der Waals surface area contributed by atoms with E-state index in [1.807, 2.05) is 53.8 Å². The van der Waals surface area contributed by atoms with Gasteiger partial charge in [0.2, 0.25) is 0 Å². The fraction of sp³-hybridized carbons (Fsp3) is 0.429. The largest absolute Gasteiger partial charge is 0.496 e. The van der Waals surface area contributed by atoms with Gasteiger partial charge >= 0.3 is 0 Å². The van der Waals surface area contributed by atoms with Crippen LogP contribution in [0.1, 0.15) is 53.3 Å². The van der Waals surface area contributed by atoms with Crippen LogP contribution in [0.15, 0.2) is 65.8 Å². The highest BCUT2D eigenvalue weighted by Crippen LogP contribution is 2.31. The molecule has 0 spiro atoms. The summed E-state index contributed by atoms with van der Waals surface area (Å²) in [5.74, 6) is 2.22. The topological polar surface area (TPSA) is 56.6 Å². The zero-order valence-electron chi connectivity index (χ0n) is 20.7. The van der Waals surface area contributed by atoms with Crippen molar-refractivity contribution in [2.24, 2.45) is 0 Å². The second kappa shape index (κ2) is 12.8. The Balaban J connectivity index is 1.23. The van der Waals surface area contributed by atoms with Crippen LogP contribution in [0, 0.1) is 0 Å². The Hall–Kier alpha value is -2.77. The summed E-state index contributed by atoms with van der Waals surface area (Å²) >= 11 is 1.64. The monoisotopic (exact) mass is 493 g/mol. The van der Waals surface area contributed by atoms with E-state index in [1.54, 1.807) is 18.9 Å². The Morgan fingerprint density at radius 1 is 1.11 bits per heavy atom. The van der Waals surface area contributed by atoms with E-state index in [9.17, 15) is 4.79 Å². The fourth-order valence-corrected chi connectivity index (χ4v) is 5.04. The van der Waals surface area contributed by atoms with Gasteiger partial charge in [-0.15, -0.1) is 11.8 Å². The number of nitrogens with zero attached hydrogens (tertiary/aromatic N) is 3. The van der Waals surface area contributed by atoms with Crippen molar-refractivity contribution in [2.75, 3.05) is 33.1 Å². The lowest BCUT2D eigenvalue weighted by molar-refractivity contribution is 0.0706. The smallest absolute Gasteiger partial charge is 0.257 e. The minimum atomic E-state index is 0.0480. The third-order valence-electron chi connectivity index (χ3n) is 6.58. The molecule has 0 atom stereocenters. The molecule has 3 aromatic rings. The van der Waals surface area contributed by atoms with Gasteiger partial charge < -0.3 is 18.9 Å². The van der Waals surface area contributed by atoms with E-state index >= 15 is 0 Å². The Morgan fingerprint density at radius 2 is 1.91 bits per heavy atom. The Morgan fingerprint density at radius 3 is 2.66 bits per heavy atom. The fourth-order valence-electron chi connectivity index (χ4n) is 4.61. The van der Waals surface area contributed by atoms with Crippen molar-refractivity contribution in [3.8, 4) is 5.75 Å². The van der Waals surface area contributed by atoms with Crippen LogP contribution in [0.3, 0.4) is 0 Å². The first-order chi connectivity index (χ1) is 17.2. The van der Waals surface area contributed by atoms with Crippen LogP contribution in [0.25, 0.3) is 0 Å². The predicted molar refractivity (Wildman–Crippen MR) is 140 cm³/mol. The van der Waals surface area contributed by atoms with Gasteiger partial charge in [-0.1, -0.05) is 30.3 Å². The number of methoxy groups -OCH3 is 1. The first kappa shape index (κ1) is 25.3. The highest BCUT2D eigenvalue weighted by Gasteiger charge is 2.28. The van der Waals surface area contributed by atoms with E-state index in [0.717, 1.165) is 62.6 Å². The SMILES string of the molecule is COc1cc(SC)ccc1C(=O)N1CCC(c2nccn2CCCCOCc2ccccc2)CC1. The molecule has 1 fully saturated rings. The predicted octanol–water partition coefficient (Wildman–Crippen LogP) is 5.63. The number of imidazole rings is 1. The molecule has 7 heteroatoms. The Labute approximate surface area is 212 Å². The molecule has 1 amide bonds. The molecule has 2 heterocycles. The van der Waals surface area contributed by atoms with Gasteiger partial charge in [-0.2, -0.15) is 0 Å². The third kappa shape index (κ3) is 6.67. The maximum atomic E-state index is 13.2. The number of aromatic nitrogens is 2. The van der Waals surface area contributed by atoms with Crippen LogP contribution in [0.5, 0.6) is 5.75 Å². The number of rotatable bonds is 11. The summed E-state index contributed by atoms with van der Waals surface area (Å²) in [4.78, 5) is 20.9. The summed E-state index contributed by atoms with van der Waals surface area (Å²) in [6.07, 6.45) is 9.93. The van der Waals surface area contributed by atoms with E-state index in [-0.39, 0.29) is 5.91 Å². The maximum Gasteiger partial charge on any atom is 0.257 e. The second-order valence-electron chi connectivity index (χ2n) is 8.86. The lowest BCUT2D eigenvalue weighted by Gasteiger charge is -2.32. The lowest BCUT2D eigenvalue weighted by atomic mass is 9.95. The van der Waals surface area contributed by atoms with Gasteiger partial charge in [0.05, 0.1) is 19.3 Å². The molecule has 0 saturated carbocycles. The molecule has 0 radical (unpaired) electrons. The number of piperidine rings is 1. The van der Waals surface area contributed by atoms with Crippen molar-refractivity contribution in [1.29, 1.82) is 0 Å². The summed E-state index contributed by atoms with van der Waals surface area (Å²) in [7, 11) is 1.62. The standard InChI is InChI=1S/C28H35N3O3S/c1-33-26-20-24(35-2)10-11-25(26)28(32)31-16-12-23(13-17-31)27-29-14-18-30(27)15-6-7-19-34-21-22-8-4-3-5-9-22/h3-5,8-11,14,18,20,23H,6-7,12-13,15-17,19,21H2,1-2H3. The molecule has 0 unspecified atom stereocenters. The molecule has 1 saturated heterocycles. The molecule has 1 aromatic heterocycles. The first-order valence-electron chi connectivity index (χ1n) is 12.3. The van der Waals surface area contributed by atoms with E-state index in [4.69, 9.17) is 9.47 Å². The number of likely N-dealkylation sites (tertiary alicyclic amines) is 1. The van der Waals surface area contributed by atoms with E-state index < -0.39 is 0 Å². The van der Waals surface area contributed by atoms with Crippen LogP contribution in [-0.2, 0) is 17.9 Å². The molecule has 1 aliphatic rings. The van der Waals surface area contributed by atoms with Crippen molar-refractivity contribution in [3.05, 3.63) is 77.9 Å². The number of ether oxygens (including phenoxy) is 2. The third-order valence-corrected chi connectivity index (χ3v) is 7.31.